The molecule has 1 amide bonds. The minimum atomic E-state index is -0.0790. The Labute approximate surface area is 101 Å². The topological polar surface area (TPSA) is 29.1 Å². The molecule has 3 heteroatoms. The van der Waals surface area contributed by atoms with E-state index in [1.54, 1.807) is 0 Å². The summed E-state index contributed by atoms with van der Waals surface area (Å²) < 4.78 is 0. The van der Waals surface area contributed by atoms with Gasteiger partial charge < -0.3 is 5.32 Å². The standard InChI is InChI=1S/C13H16ClNO/c14-8-13(16)15-9-11-6-3-5-10-4-1-2-7-12(10)11/h1-2,4,7,11H,3,5-6,8-9H2,(H,15,16)/t11-/m1/s1. The number of rotatable bonds is 3. The number of halogens is 1. The van der Waals surface area contributed by atoms with Crippen molar-refractivity contribution in [3.05, 3.63) is 35.4 Å². The second kappa shape index (κ2) is 5.35. The fourth-order valence-electron chi connectivity index (χ4n) is 2.35. The van der Waals surface area contributed by atoms with Crippen molar-refractivity contribution in [2.24, 2.45) is 0 Å². The Morgan fingerprint density at radius 2 is 2.25 bits per heavy atom. The van der Waals surface area contributed by atoms with E-state index in [1.807, 2.05) is 0 Å². The van der Waals surface area contributed by atoms with E-state index >= 15 is 0 Å². The van der Waals surface area contributed by atoms with E-state index in [9.17, 15) is 4.79 Å². The van der Waals surface area contributed by atoms with Crippen molar-refractivity contribution in [2.75, 3.05) is 12.4 Å². The van der Waals surface area contributed by atoms with Gasteiger partial charge in [0.15, 0.2) is 0 Å². The van der Waals surface area contributed by atoms with Gasteiger partial charge in [0.1, 0.15) is 5.88 Å². The first-order valence-corrected chi connectivity index (χ1v) is 6.25. The van der Waals surface area contributed by atoms with Gasteiger partial charge in [0.25, 0.3) is 0 Å². The molecule has 0 spiro atoms. The van der Waals surface area contributed by atoms with E-state index in [4.69, 9.17) is 11.6 Å². The molecule has 2 rings (SSSR count). The third-order valence-electron chi connectivity index (χ3n) is 3.16. The van der Waals surface area contributed by atoms with Crippen LogP contribution >= 0.6 is 11.6 Å². The lowest BCUT2D eigenvalue weighted by Crippen LogP contribution is -2.30. The molecule has 0 radical (unpaired) electrons. The smallest absolute Gasteiger partial charge is 0.234 e. The molecule has 1 aromatic rings. The van der Waals surface area contributed by atoms with Crippen LogP contribution in [0.5, 0.6) is 0 Å². The molecule has 0 aliphatic heterocycles. The highest BCUT2D eigenvalue weighted by Gasteiger charge is 2.19. The lowest BCUT2D eigenvalue weighted by atomic mass is 9.83. The summed E-state index contributed by atoms with van der Waals surface area (Å²) in [5, 5.41) is 2.87. The average Bonchev–Trinajstić information content (AvgIpc) is 2.35. The molecule has 0 bridgehead atoms. The predicted octanol–water partition coefficient (Wildman–Crippen LogP) is 2.46. The molecule has 0 saturated carbocycles. The van der Waals surface area contributed by atoms with Crippen LogP contribution in [0.1, 0.15) is 29.9 Å². The first kappa shape index (κ1) is 11.5. The summed E-state index contributed by atoms with van der Waals surface area (Å²) in [5.74, 6) is 0.427. The normalized spacial score (nSPS) is 18.9. The number of nitrogens with one attached hydrogen (secondary N) is 1. The number of hydrogen-bond acceptors (Lipinski definition) is 1. The number of carbonyl (C=O) groups is 1. The van der Waals surface area contributed by atoms with Crippen LogP contribution in [0, 0.1) is 0 Å². The molecule has 0 fully saturated rings. The van der Waals surface area contributed by atoms with Crippen molar-refractivity contribution >= 4 is 17.5 Å². The molecule has 0 heterocycles. The Bertz CT molecular complexity index is 378. The van der Waals surface area contributed by atoms with Gasteiger partial charge in [0.2, 0.25) is 5.91 Å². The average molecular weight is 238 g/mol. The summed E-state index contributed by atoms with van der Waals surface area (Å²) in [6.45, 7) is 0.711. The molecule has 1 aliphatic carbocycles. The Morgan fingerprint density at radius 1 is 1.44 bits per heavy atom. The zero-order valence-corrected chi connectivity index (χ0v) is 9.96. The number of fused-ring (bicyclic) bond motifs is 1. The van der Waals surface area contributed by atoms with Gasteiger partial charge in [-0.25, -0.2) is 0 Å². The summed E-state index contributed by atoms with van der Waals surface area (Å²) in [4.78, 5) is 11.1. The fourth-order valence-corrected chi connectivity index (χ4v) is 2.45. The Balaban J connectivity index is 2.04. The van der Waals surface area contributed by atoms with Crippen LogP contribution in [0.4, 0.5) is 0 Å². The van der Waals surface area contributed by atoms with Gasteiger partial charge in [-0.2, -0.15) is 0 Å². The molecule has 1 N–H and O–H groups in total. The third kappa shape index (κ3) is 2.56. The molecular formula is C13H16ClNO. The maximum atomic E-state index is 11.1. The van der Waals surface area contributed by atoms with Gasteiger partial charge >= 0.3 is 0 Å². The Hall–Kier alpha value is -1.02. The van der Waals surface area contributed by atoms with Crippen LogP contribution in [-0.2, 0) is 11.2 Å². The van der Waals surface area contributed by atoms with Crippen LogP contribution in [-0.4, -0.2) is 18.3 Å². The lowest BCUT2D eigenvalue weighted by Gasteiger charge is -2.25. The monoisotopic (exact) mass is 237 g/mol. The largest absolute Gasteiger partial charge is 0.354 e. The lowest BCUT2D eigenvalue weighted by molar-refractivity contribution is -0.118. The highest BCUT2D eigenvalue weighted by Crippen LogP contribution is 2.30. The van der Waals surface area contributed by atoms with E-state index < -0.39 is 0 Å². The fraction of sp³-hybridized carbons (Fsp3) is 0.462. The minimum absolute atomic E-state index is 0.0500. The van der Waals surface area contributed by atoms with Crippen molar-refractivity contribution in [3.63, 3.8) is 0 Å². The SMILES string of the molecule is O=C(CCl)NC[C@H]1CCCc2ccccc21. The number of alkyl halides is 1. The van der Waals surface area contributed by atoms with Crippen molar-refractivity contribution in [3.8, 4) is 0 Å². The highest BCUT2D eigenvalue weighted by molar-refractivity contribution is 6.27. The van der Waals surface area contributed by atoms with Gasteiger partial charge in [-0.3, -0.25) is 4.79 Å². The second-order valence-corrected chi connectivity index (χ2v) is 4.49. The van der Waals surface area contributed by atoms with Crippen LogP contribution < -0.4 is 5.32 Å². The van der Waals surface area contributed by atoms with Gasteiger partial charge in [-0.15, -0.1) is 11.6 Å². The number of amides is 1. The Morgan fingerprint density at radius 3 is 3.06 bits per heavy atom. The predicted molar refractivity (Wildman–Crippen MR) is 65.9 cm³/mol. The van der Waals surface area contributed by atoms with Gasteiger partial charge in [0.05, 0.1) is 0 Å². The molecule has 0 saturated heterocycles. The molecule has 0 aromatic heterocycles. The zero-order valence-electron chi connectivity index (χ0n) is 9.21. The zero-order chi connectivity index (χ0) is 11.4. The van der Waals surface area contributed by atoms with E-state index in [2.05, 4.69) is 29.6 Å². The van der Waals surface area contributed by atoms with Crippen LogP contribution in [0.3, 0.4) is 0 Å². The van der Waals surface area contributed by atoms with Gasteiger partial charge in [-0.05, 0) is 30.4 Å². The summed E-state index contributed by atoms with van der Waals surface area (Å²) >= 11 is 5.46. The minimum Gasteiger partial charge on any atom is -0.354 e. The van der Waals surface area contributed by atoms with Gasteiger partial charge in [0, 0.05) is 12.5 Å². The summed E-state index contributed by atoms with van der Waals surface area (Å²) in [6, 6.07) is 8.51. The van der Waals surface area contributed by atoms with E-state index in [0.29, 0.717) is 12.5 Å². The molecular weight excluding hydrogens is 222 g/mol. The molecule has 1 aromatic carbocycles. The maximum absolute atomic E-state index is 11.1. The molecule has 1 atom stereocenters. The van der Waals surface area contributed by atoms with Crippen LogP contribution in [0.2, 0.25) is 0 Å². The second-order valence-electron chi connectivity index (χ2n) is 4.23. The maximum Gasteiger partial charge on any atom is 0.234 e. The van der Waals surface area contributed by atoms with Crippen LogP contribution in [0.25, 0.3) is 0 Å². The first-order chi connectivity index (χ1) is 7.81. The molecule has 16 heavy (non-hydrogen) atoms. The first-order valence-electron chi connectivity index (χ1n) is 5.71. The molecule has 2 nitrogen and oxygen atoms in total. The summed E-state index contributed by atoms with van der Waals surface area (Å²) in [7, 11) is 0. The molecule has 86 valence electrons. The van der Waals surface area contributed by atoms with Crippen molar-refractivity contribution < 1.29 is 4.79 Å². The van der Waals surface area contributed by atoms with Crippen LogP contribution in [0.15, 0.2) is 24.3 Å². The quantitative estimate of drug-likeness (QED) is 0.804. The summed E-state index contributed by atoms with van der Waals surface area (Å²) in [5.41, 5.74) is 2.82. The number of aryl methyl sites for hydroxylation is 1. The molecule has 1 aliphatic rings. The van der Waals surface area contributed by atoms with Gasteiger partial charge in [-0.1, -0.05) is 24.3 Å². The number of hydrogen-bond donors (Lipinski definition) is 1. The van der Waals surface area contributed by atoms with E-state index in [0.717, 1.165) is 12.8 Å². The van der Waals surface area contributed by atoms with E-state index in [1.165, 1.54) is 17.5 Å². The third-order valence-corrected chi connectivity index (χ3v) is 3.40. The van der Waals surface area contributed by atoms with Crippen molar-refractivity contribution in [2.45, 2.75) is 25.2 Å². The number of carbonyl (C=O) groups excluding carboxylic acids is 1. The number of benzene rings is 1. The summed E-state index contributed by atoms with van der Waals surface area (Å²) in [6.07, 6.45) is 3.52. The van der Waals surface area contributed by atoms with Crippen molar-refractivity contribution in [1.29, 1.82) is 0 Å². The van der Waals surface area contributed by atoms with Crippen molar-refractivity contribution in [1.82, 2.24) is 5.32 Å². The Kier molecular flexibility index (Phi) is 3.83. The molecule has 0 unspecified atom stereocenters. The highest BCUT2D eigenvalue weighted by atomic mass is 35.5. The van der Waals surface area contributed by atoms with E-state index in [-0.39, 0.29) is 11.8 Å².